The lowest BCUT2D eigenvalue weighted by atomic mass is 9.91. The molecule has 0 radical (unpaired) electrons. The summed E-state index contributed by atoms with van der Waals surface area (Å²) in [6, 6.07) is 20.5. The summed E-state index contributed by atoms with van der Waals surface area (Å²) in [7, 11) is 0. The molecule has 0 atom stereocenters. The van der Waals surface area contributed by atoms with Gasteiger partial charge in [0.2, 0.25) is 0 Å². The summed E-state index contributed by atoms with van der Waals surface area (Å²) in [5.41, 5.74) is 2.46. The summed E-state index contributed by atoms with van der Waals surface area (Å²) in [5, 5.41) is 0. The van der Waals surface area contributed by atoms with Crippen LogP contribution < -0.4 is 0 Å². The molecule has 0 N–H and O–H groups in total. The van der Waals surface area contributed by atoms with Gasteiger partial charge in [0.1, 0.15) is 6.29 Å². The van der Waals surface area contributed by atoms with Crippen LogP contribution in [0.15, 0.2) is 60.7 Å². The Morgan fingerprint density at radius 3 is 1.68 bits per heavy atom. The van der Waals surface area contributed by atoms with Crippen molar-refractivity contribution in [1.82, 2.24) is 4.90 Å². The summed E-state index contributed by atoms with van der Waals surface area (Å²) in [4.78, 5) is 12.9. The number of hydrogen-bond acceptors (Lipinski definition) is 2. The number of rotatable bonds is 6. The first-order valence-corrected chi connectivity index (χ1v) is 9.51. The van der Waals surface area contributed by atoms with Crippen molar-refractivity contribution in [1.29, 1.82) is 0 Å². The predicted molar refractivity (Wildman–Crippen MR) is 105 cm³/mol. The molecule has 0 unspecified atom stereocenters. The van der Waals surface area contributed by atoms with Gasteiger partial charge in [-0.05, 0) is 17.0 Å². The lowest BCUT2D eigenvalue weighted by molar-refractivity contribution is -0.109. The second-order valence-corrected chi connectivity index (χ2v) is 7.05. The third-order valence-corrected chi connectivity index (χ3v) is 4.72. The van der Waals surface area contributed by atoms with E-state index in [2.05, 4.69) is 36.1 Å². The second kappa shape index (κ2) is 11.6. The van der Waals surface area contributed by atoms with E-state index in [0.717, 1.165) is 25.3 Å². The molecule has 134 valence electrons. The van der Waals surface area contributed by atoms with Gasteiger partial charge >= 0.3 is 0 Å². The average Bonchev–Trinajstić information content (AvgIpc) is 2.65. The van der Waals surface area contributed by atoms with E-state index in [0.29, 0.717) is 6.54 Å². The van der Waals surface area contributed by atoms with Gasteiger partial charge in [-0.25, -0.2) is 0 Å². The molecule has 2 aromatic rings. The molecule has 0 aliphatic heterocycles. The van der Waals surface area contributed by atoms with E-state index >= 15 is 0 Å². The molecular weight excluding hydrogens is 306 g/mol. The van der Waals surface area contributed by atoms with Crippen molar-refractivity contribution in [2.75, 3.05) is 6.54 Å². The Bertz CT molecular complexity index is 534. The van der Waals surface area contributed by atoms with Gasteiger partial charge in [0.25, 0.3) is 0 Å². The van der Waals surface area contributed by atoms with Gasteiger partial charge in [-0.3, -0.25) is 4.90 Å². The molecule has 1 aliphatic rings. The van der Waals surface area contributed by atoms with Crippen LogP contribution in [0, 0.1) is 5.92 Å². The summed E-state index contributed by atoms with van der Waals surface area (Å²) in [6.07, 6.45) is 8.40. The number of aldehydes is 1. The zero-order chi connectivity index (χ0) is 17.7. The van der Waals surface area contributed by atoms with E-state index in [1.165, 1.54) is 43.2 Å². The molecule has 2 aromatic carbocycles. The van der Waals surface area contributed by atoms with Gasteiger partial charge in [-0.2, -0.15) is 0 Å². The van der Waals surface area contributed by atoms with Crippen LogP contribution in [0.5, 0.6) is 0 Å². The summed E-state index contributed by atoms with van der Waals surface area (Å²) >= 11 is 0. The van der Waals surface area contributed by atoms with Crippen LogP contribution in [0.25, 0.3) is 0 Å². The molecule has 1 aliphatic carbocycles. The third kappa shape index (κ3) is 8.13. The number of carbonyl (C=O) groups is 1. The van der Waals surface area contributed by atoms with Crippen LogP contribution in [-0.4, -0.2) is 17.7 Å². The number of hydrogen-bond donors (Lipinski definition) is 0. The predicted octanol–water partition coefficient (Wildman–Crippen LogP) is 5.47. The molecule has 0 spiro atoms. The molecule has 1 fully saturated rings. The molecule has 0 heterocycles. The van der Waals surface area contributed by atoms with Gasteiger partial charge in [0.05, 0.1) is 6.54 Å². The van der Waals surface area contributed by atoms with Crippen molar-refractivity contribution < 1.29 is 4.79 Å². The van der Waals surface area contributed by atoms with Crippen molar-refractivity contribution in [2.24, 2.45) is 5.92 Å². The topological polar surface area (TPSA) is 20.3 Å². The highest BCUT2D eigenvalue weighted by Gasteiger charge is 2.06. The van der Waals surface area contributed by atoms with E-state index in [1.54, 1.807) is 0 Å². The highest BCUT2D eigenvalue weighted by Crippen LogP contribution is 2.22. The Hall–Kier alpha value is -1.93. The minimum absolute atomic E-state index is 0.462. The normalized spacial score (nSPS) is 14.6. The minimum Gasteiger partial charge on any atom is -0.302 e. The zero-order valence-corrected chi connectivity index (χ0v) is 15.4. The van der Waals surface area contributed by atoms with Gasteiger partial charge in [0.15, 0.2) is 0 Å². The average molecular weight is 338 g/mol. The third-order valence-electron chi connectivity index (χ3n) is 4.72. The lowest BCUT2D eigenvalue weighted by Gasteiger charge is -2.19. The van der Waals surface area contributed by atoms with Crippen LogP contribution in [0.1, 0.15) is 50.2 Å². The Kier molecular flexibility index (Phi) is 9.00. The monoisotopic (exact) mass is 337 g/mol. The molecule has 1 saturated carbocycles. The highest BCUT2D eigenvalue weighted by molar-refractivity contribution is 5.52. The van der Waals surface area contributed by atoms with Crippen LogP contribution in [0.4, 0.5) is 0 Å². The van der Waals surface area contributed by atoms with E-state index < -0.39 is 0 Å². The maximum atomic E-state index is 10.8. The Morgan fingerprint density at radius 2 is 1.32 bits per heavy atom. The van der Waals surface area contributed by atoms with Crippen LogP contribution in [0.3, 0.4) is 0 Å². The summed E-state index contributed by atoms with van der Waals surface area (Å²) in [6.45, 7) is 4.42. The fraction of sp³-hybridized carbons (Fsp3) is 0.435. The lowest BCUT2D eigenvalue weighted by Crippen LogP contribution is -2.24. The molecule has 0 amide bonds. The quantitative estimate of drug-likeness (QED) is 0.651. The molecule has 25 heavy (non-hydrogen) atoms. The van der Waals surface area contributed by atoms with E-state index in [9.17, 15) is 4.79 Å². The maximum Gasteiger partial charge on any atom is 0.134 e. The second-order valence-electron chi connectivity index (χ2n) is 7.05. The van der Waals surface area contributed by atoms with Crippen LogP contribution >= 0.6 is 0 Å². The van der Waals surface area contributed by atoms with E-state index in [-0.39, 0.29) is 0 Å². The first-order chi connectivity index (χ1) is 12.3. The SMILES string of the molecule is CC1CCCCC1.O=CCN(Cc1ccccc1)Cc1ccccc1. The molecule has 0 aromatic heterocycles. The molecule has 2 heteroatoms. The van der Waals surface area contributed by atoms with Gasteiger partial charge in [-0.15, -0.1) is 0 Å². The van der Waals surface area contributed by atoms with Crippen molar-refractivity contribution in [3.8, 4) is 0 Å². The standard InChI is InChI=1S/C16H17NO.C7H14/c18-12-11-17(13-15-7-3-1-4-8-15)14-16-9-5-2-6-10-16;1-7-5-3-2-4-6-7/h1-10,12H,11,13-14H2;7H,2-6H2,1H3. The fourth-order valence-electron chi connectivity index (χ4n) is 3.28. The minimum atomic E-state index is 0.462. The number of carbonyl (C=O) groups excluding carboxylic acids is 1. The first kappa shape index (κ1) is 19.4. The van der Waals surface area contributed by atoms with Gasteiger partial charge in [-0.1, -0.05) is 99.7 Å². The fourth-order valence-corrected chi connectivity index (χ4v) is 3.28. The van der Waals surface area contributed by atoms with Crippen molar-refractivity contribution in [3.63, 3.8) is 0 Å². The maximum absolute atomic E-state index is 10.8. The smallest absolute Gasteiger partial charge is 0.134 e. The van der Waals surface area contributed by atoms with Gasteiger partial charge in [0, 0.05) is 13.1 Å². The molecule has 3 rings (SSSR count). The number of benzene rings is 2. The summed E-state index contributed by atoms with van der Waals surface area (Å²) in [5.74, 6) is 1.04. The molecular formula is C23H31NO. The number of nitrogens with zero attached hydrogens (tertiary/aromatic N) is 1. The zero-order valence-electron chi connectivity index (χ0n) is 15.4. The van der Waals surface area contributed by atoms with Crippen LogP contribution in [-0.2, 0) is 17.9 Å². The Balaban J connectivity index is 0.000000269. The molecule has 0 bridgehead atoms. The molecule has 2 nitrogen and oxygen atoms in total. The molecule has 0 saturated heterocycles. The van der Waals surface area contributed by atoms with Crippen LogP contribution in [0.2, 0.25) is 0 Å². The summed E-state index contributed by atoms with van der Waals surface area (Å²) < 4.78 is 0. The van der Waals surface area contributed by atoms with E-state index in [1.807, 2.05) is 36.4 Å². The highest BCUT2D eigenvalue weighted by atomic mass is 16.1. The first-order valence-electron chi connectivity index (χ1n) is 9.51. The Labute approximate surface area is 152 Å². The van der Waals surface area contributed by atoms with Crippen molar-refractivity contribution >= 4 is 6.29 Å². The van der Waals surface area contributed by atoms with Gasteiger partial charge < -0.3 is 4.79 Å². The largest absolute Gasteiger partial charge is 0.302 e. The van der Waals surface area contributed by atoms with Crippen molar-refractivity contribution in [2.45, 2.75) is 52.1 Å². The van der Waals surface area contributed by atoms with Crippen molar-refractivity contribution in [3.05, 3.63) is 71.8 Å². The Morgan fingerprint density at radius 1 is 0.840 bits per heavy atom. The van der Waals surface area contributed by atoms with E-state index in [4.69, 9.17) is 0 Å².